The molecule has 0 aliphatic rings. The number of amides is 1. The summed E-state index contributed by atoms with van der Waals surface area (Å²) in [7, 11) is -3.39. The Labute approximate surface area is 147 Å². The Hall–Kier alpha value is -1.93. The molecular weight excluding hydrogens is 401 g/mol. The van der Waals surface area contributed by atoms with Gasteiger partial charge in [-0.25, -0.2) is 12.8 Å². The van der Waals surface area contributed by atoms with Crippen molar-refractivity contribution in [1.82, 2.24) is 5.32 Å². The molecule has 0 fully saturated rings. The number of halogens is 2. The van der Waals surface area contributed by atoms with Crippen LogP contribution in [0.15, 0.2) is 46.9 Å². The molecule has 0 aromatic heterocycles. The second kappa shape index (κ2) is 7.31. The van der Waals surface area contributed by atoms with Gasteiger partial charge >= 0.3 is 0 Å². The largest absolute Gasteiger partial charge is 0.506 e. The zero-order valence-electron chi connectivity index (χ0n) is 12.7. The van der Waals surface area contributed by atoms with E-state index in [2.05, 4.69) is 21.2 Å². The van der Waals surface area contributed by atoms with Gasteiger partial charge < -0.3 is 10.4 Å². The molecule has 2 aromatic rings. The van der Waals surface area contributed by atoms with Crippen LogP contribution in [0.2, 0.25) is 0 Å². The van der Waals surface area contributed by atoms with E-state index in [1.54, 1.807) is 30.3 Å². The number of rotatable bonds is 5. The molecule has 0 aliphatic heterocycles. The van der Waals surface area contributed by atoms with Gasteiger partial charge in [-0.3, -0.25) is 4.79 Å². The number of carbonyl (C=O) groups excluding carboxylic acids is 1. The third kappa shape index (κ3) is 4.78. The molecule has 1 amide bonds. The first-order chi connectivity index (χ1) is 11.2. The van der Waals surface area contributed by atoms with Crippen molar-refractivity contribution in [2.75, 3.05) is 12.0 Å². The van der Waals surface area contributed by atoms with Crippen LogP contribution in [0, 0.1) is 5.82 Å². The smallest absolute Gasteiger partial charge is 0.255 e. The van der Waals surface area contributed by atoms with Crippen LogP contribution in [0.5, 0.6) is 5.75 Å². The molecule has 0 spiro atoms. The number of hydrogen-bond acceptors (Lipinski definition) is 4. The molecule has 0 heterocycles. The molecule has 0 aliphatic carbocycles. The second-order valence-electron chi connectivity index (χ2n) is 5.31. The monoisotopic (exact) mass is 415 g/mol. The first kappa shape index (κ1) is 18.4. The van der Waals surface area contributed by atoms with E-state index >= 15 is 0 Å². The van der Waals surface area contributed by atoms with Crippen LogP contribution in [0.25, 0.3) is 0 Å². The Balaban J connectivity index is 2.35. The summed E-state index contributed by atoms with van der Waals surface area (Å²) in [6, 6.07) is 9.64. The van der Waals surface area contributed by atoms with Crippen molar-refractivity contribution in [2.45, 2.75) is 6.04 Å². The van der Waals surface area contributed by atoms with Gasteiger partial charge in [0.05, 0.1) is 21.8 Å². The summed E-state index contributed by atoms with van der Waals surface area (Å²) in [5.74, 6) is -2.21. The van der Waals surface area contributed by atoms with E-state index in [4.69, 9.17) is 0 Å². The van der Waals surface area contributed by atoms with Crippen LogP contribution in [0.4, 0.5) is 4.39 Å². The fourth-order valence-corrected chi connectivity index (χ4v) is 3.50. The Morgan fingerprint density at radius 1 is 1.29 bits per heavy atom. The highest BCUT2D eigenvalue weighted by molar-refractivity contribution is 9.10. The standard InChI is InChI=1S/C16H15BrFNO4S/c1-24(22,23)9-14(10-5-3-2-4-6-10)19-16(21)12-7-11(18)8-13(17)15(12)20/h2-8,14,20H,9H2,1H3,(H,19,21)/t14-/m0/s1. The topological polar surface area (TPSA) is 83.5 Å². The molecular formula is C16H15BrFNO4S. The van der Waals surface area contributed by atoms with Crippen molar-refractivity contribution in [1.29, 1.82) is 0 Å². The number of hydrogen-bond donors (Lipinski definition) is 2. The summed E-state index contributed by atoms with van der Waals surface area (Å²) >= 11 is 2.96. The lowest BCUT2D eigenvalue weighted by Crippen LogP contribution is -2.33. The first-order valence-electron chi connectivity index (χ1n) is 6.89. The average Bonchev–Trinajstić information content (AvgIpc) is 2.49. The highest BCUT2D eigenvalue weighted by Crippen LogP contribution is 2.29. The maximum atomic E-state index is 13.5. The minimum absolute atomic E-state index is 0.0343. The number of aromatic hydroxyl groups is 1. The molecule has 5 nitrogen and oxygen atoms in total. The number of benzene rings is 2. The van der Waals surface area contributed by atoms with Gasteiger partial charge in [0, 0.05) is 6.26 Å². The Morgan fingerprint density at radius 3 is 2.50 bits per heavy atom. The van der Waals surface area contributed by atoms with E-state index in [9.17, 15) is 22.7 Å². The molecule has 8 heteroatoms. The maximum absolute atomic E-state index is 13.5. The zero-order chi connectivity index (χ0) is 17.9. The van der Waals surface area contributed by atoms with E-state index in [-0.39, 0.29) is 15.8 Å². The summed E-state index contributed by atoms with van der Waals surface area (Å²) in [6.07, 6.45) is 1.06. The van der Waals surface area contributed by atoms with Crippen LogP contribution in [0.3, 0.4) is 0 Å². The summed E-state index contributed by atoms with van der Waals surface area (Å²) < 4.78 is 36.8. The van der Waals surface area contributed by atoms with Crippen LogP contribution >= 0.6 is 15.9 Å². The minimum atomic E-state index is -3.39. The second-order valence-corrected chi connectivity index (χ2v) is 8.35. The molecule has 0 saturated carbocycles. The predicted octanol–water partition coefficient (Wildman–Crippen LogP) is 2.81. The molecule has 0 bridgehead atoms. The van der Waals surface area contributed by atoms with E-state index < -0.39 is 33.4 Å². The number of nitrogens with one attached hydrogen (secondary N) is 1. The van der Waals surface area contributed by atoms with Crippen molar-refractivity contribution < 1.29 is 22.7 Å². The quantitative estimate of drug-likeness (QED) is 0.786. The first-order valence-corrected chi connectivity index (χ1v) is 9.74. The fourth-order valence-electron chi connectivity index (χ4n) is 2.18. The fraction of sp³-hybridized carbons (Fsp3) is 0.188. The molecule has 24 heavy (non-hydrogen) atoms. The van der Waals surface area contributed by atoms with Gasteiger partial charge in [-0.05, 0) is 33.6 Å². The van der Waals surface area contributed by atoms with Crippen LogP contribution in [-0.4, -0.2) is 31.4 Å². The average molecular weight is 416 g/mol. The Bertz CT molecular complexity index is 856. The van der Waals surface area contributed by atoms with E-state index in [0.717, 1.165) is 18.4 Å². The molecule has 128 valence electrons. The van der Waals surface area contributed by atoms with Gasteiger partial charge in [-0.15, -0.1) is 0 Å². The summed E-state index contributed by atoms with van der Waals surface area (Å²) in [5, 5.41) is 12.5. The number of phenolic OH excluding ortho intramolecular Hbond substituents is 1. The minimum Gasteiger partial charge on any atom is -0.506 e. The van der Waals surface area contributed by atoms with Crippen LogP contribution in [-0.2, 0) is 9.84 Å². The SMILES string of the molecule is CS(=O)(=O)C[C@H](NC(=O)c1cc(F)cc(Br)c1O)c1ccccc1. The summed E-state index contributed by atoms with van der Waals surface area (Å²) in [5.41, 5.74) is 0.308. The number of sulfone groups is 1. The van der Waals surface area contributed by atoms with E-state index in [0.29, 0.717) is 5.56 Å². The van der Waals surface area contributed by atoms with E-state index in [1.165, 1.54) is 0 Å². The molecule has 2 aromatic carbocycles. The zero-order valence-corrected chi connectivity index (χ0v) is 15.1. The molecule has 0 unspecified atom stereocenters. The van der Waals surface area contributed by atoms with Crippen molar-refractivity contribution in [3.05, 3.63) is 63.9 Å². The van der Waals surface area contributed by atoms with Crippen molar-refractivity contribution in [3.8, 4) is 5.75 Å². The Kier molecular flexibility index (Phi) is 5.61. The van der Waals surface area contributed by atoms with Crippen LogP contribution < -0.4 is 5.32 Å². The third-order valence-corrected chi connectivity index (χ3v) is 4.79. The molecule has 2 rings (SSSR count). The Morgan fingerprint density at radius 2 is 1.92 bits per heavy atom. The number of carbonyl (C=O) groups is 1. The van der Waals surface area contributed by atoms with E-state index in [1.807, 2.05) is 0 Å². The molecule has 0 radical (unpaired) electrons. The maximum Gasteiger partial charge on any atom is 0.255 e. The molecule has 1 atom stereocenters. The highest BCUT2D eigenvalue weighted by Gasteiger charge is 2.23. The summed E-state index contributed by atoms with van der Waals surface area (Å²) in [6.45, 7) is 0. The molecule has 0 saturated heterocycles. The lowest BCUT2D eigenvalue weighted by atomic mass is 10.1. The number of phenols is 1. The third-order valence-electron chi connectivity index (χ3n) is 3.25. The van der Waals surface area contributed by atoms with Gasteiger partial charge in [0.15, 0.2) is 0 Å². The lowest BCUT2D eigenvalue weighted by Gasteiger charge is -2.19. The van der Waals surface area contributed by atoms with Gasteiger partial charge in [-0.1, -0.05) is 30.3 Å². The van der Waals surface area contributed by atoms with Crippen molar-refractivity contribution in [3.63, 3.8) is 0 Å². The predicted molar refractivity (Wildman–Crippen MR) is 92.1 cm³/mol. The molecule has 2 N–H and O–H groups in total. The summed E-state index contributed by atoms with van der Waals surface area (Å²) in [4.78, 5) is 12.4. The van der Waals surface area contributed by atoms with Gasteiger partial charge in [0.1, 0.15) is 21.4 Å². The normalized spacial score (nSPS) is 12.6. The van der Waals surface area contributed by atoms with Crippen molar-refractivity contribution in [2.24, 2.45) is 0 Å². The lowest BCUT2D eigenvalue weighted by molar-refractivity contribution is 0.0937. The van der Waals surface area contributed by atoms with Crippen LogP contribution in [0.1, 0.15) is 22.0 Å². The van der Waals surface area contributed by atoms with Gasteiger partial charge in [0.2, 0.25) is 0 Å². The highest BCUT2D eigenvalue weighted by atomic mass is 79.9. The van der Waals surface area contributed by atoms with Gasteiger partial charge in [0.25, 0.3) is 5.91 Å². The van der Waals surface area contributed by atoms with Gasteiger partial charge in [-0.2, -0.15) is 0 Å². The van der Waals surface area contributed by atoms with Crippen molar-refractivity contribution >= 4 is 31.7 Å².